The first kappa shape index (κ1) is 28.7. The topological polar surface area (TPSA) is 128 Å². The fourth-order valence-corrected chi connectivity index (χ4v) is 5.76. The Balaban J connectivity index is 2.03. The minimum atomic E-state index is -1.76. The van der Waals surface area contributed by atoms with Crippen LogP contribution in [0.2, 0.25) is 0 Å². The molecule has 2 heterocycles. The molecule has 11 heteroatoms. The number of benzene rings is 2. The molecule has 222 valence electrons. The van der Waals surface area contributed by atoms with Crippen molar-refractivity contribution < 1.29 is 52.6 Å². The number of carbonyl (C=O) groups is 2. The van der Waals surface area contributed by atoms with E-state index in [1.165, 1.54) is 28.3 Å². The third-order valence-electron chi connectivity index (χ3n) is 8.50. The highest BCUT2D eigenvalue weighted by molar-refractivity contribution is 5.90. The highest BCUT2D eigenvalue weighted by Gasteiger charge is 2.52. The number of ether oxygens (including phenoxy) is 8. The van der Waals surface area contributed by atoms with Gasteiger partial charge in [0.15, 0.2) is 29.1 Å². The van der Waals surface area contributed by atoms with Crippen molar-refractivity contribution in [3.8, 4) is 45.6 Å². The van der Waals surface area contributed by atoms with Gasteiger partial charge in [0.1, 0.15) is 11.7 Å². The molecule has 2 bridgehead atoms. The zero-order chi connectivity index (χ0) is 29.8. The van der Waals surface area contributed by atoms with E-state index < -0.39 is 41.6 Å². The first-order chi connectivity index (χ1) is 19.5. The number of esters is 2. The molecule has 2 aromatic rings. The monoisotopic (exact) mass is 572 g/mol. The van der Waals surface area contributed by atoms with Gasteiger partial charge >= 0.3 is 11.9 Å². The van der Waals surface area contributed by atoms with Crippen molar-refractivity contribution >= 4 is 11.9 Å². The highest BCUT2D eigenvalue weighted by Crippen LogP contribution is 2.61. The molecule has 1 N–H and O–H groups in total. The minimum absolute atomic E-state index is 0.0494. The zero-order valence-corrected chi connectivity index (χ0v) is 24.5. The van der Waals surface area contributed by atoms with E-state index in [4.69, 9.17) is 37.9 Å². The van der Waals surface area contributed by atoms with Crippen molar-refractivity contribution in [2.24, 2.45) is 17.8 Å². The van der Waals surface area contributed by atoms with E-state index in [2.05, 4.69) is 0 Å². The predicted octanol–water partition coefficient (Wildman–Crippen LogP) is 4.36. The first-order valence-corrected chi connectivity index (χ1v) is 13.5. The second kappa shape index (κ2) is 10.5. The van der Waals surface area contributed by atoms with Gasteiger partial charge < -0.3 is 43.0 Å². The predicted molar refractivity (Wildman–Crippen MR) is 145 cm³/mol. The van der Waals surface area contributed by atoms with Crippen LogP contribution in [-0.4, -0.2) is 57.4 Å². The number of hydrogen-bond acceptors (Lipinski definition) is 11. The molecule has 2 aromatic carbocycles. The van der Waals surface area contributed by atoms with E-state index in [9.17, 15) is 14.7 Å². The van der Waals surface area contributed by atoms with Gasteiger partial charge in [-0.15, -0.1) is 0 Å². The van der Waals surface area contributed by atoms with E-state index in [0.717, 1.165) is 0 Å². The molecule has 41 heavy (non-hydrogen) atoms. The Labute approximate surface area is 238 Å². The molecule has 0 radical (unpaired) electrons. The first-order valence-electron chi connectivity index (χ1n) is 13.5. The van der Waals surface area contributed by atoms with Crippen LogP contribution in [0.4, 0.5) is 0 Å². The molecular formula is C30H36O11. The van der Waals surface area contributed by atoms with Crippen LogP contribution in [0.3, 0.4) is 0 Å². The number of fused-ring (bicyclic) bond motifs is 2. The summed E-state index contributed by atoms with van der Waals surface area (Å²) in [5, 5.41) is 12.3. The molecular weight excluding hydrogens is 536 g/mol. The van der Waals surface area contributed by atoms with Crippen molar-refractivity contribution in [3.05, 3.63) is 23.3 Å². The van der Waals surface area contributed by atoms with Crippen molar-refractivity contribution in [2.75, 3.05) is 34.7 Å². The fraction of sp³-hybridized carbons (Fsp3) is 0.533. The molecule has 1 aliphatic carbocycles. The molecule has 3 aliphatic rings. The Morgan fingerprint density at radius 2 is 1.66 bits per heavy atom. The van der Waals surface area contributed by atoms with E-state index in [1.807, 2.05) is 6.92 Å². The third-order valence-corrected chi connectivity index (χ3v) is 8.50. The van der Waals surface area contributed by atoms with Gasteiger partial charge in [0.05, 0.1) is 33.9 Å². The van der Waals surface area contributed by atoms with Crippen LogP contribution in [0, 0.1) is 17.8 Å². The van der Waals surface area contributed by atoms with E-state index >= 15 is 0 Å². The molecule has 6 atom stereocenters. The van der Waals surface area contributed by atoms with Crippen LogP contribution >= 0.6 is 0 Å². The summed E-state index contributed by atoms with van der Waals surface area (Å²) in [5.41, 5.74) is -0.0148. The largest absolute Gasteiger partial charge is 0.493 e. The number of rotatable bonds is 4. The van der Waals surface area contributed by atoms with Crippen LogP contribution in [-0.2, 0) is 19.1 Å². The van der Waals surface area contributed by atoms with Crippen LogP contribution < -0.4 is 28.4 Å². The average molecular weight is 573 g/mol. The van der Waals surface area contributed by atoms with Gasteiger partial charge in [0, 0.05) is 41.0 Å². The summed E-state index contributed by atoms with van der Waals surface area (Å²) in [6.45, 7) is 8.29. The summed E-state index contributed by atoms with van der Waals surface area (Å²) in [7, 11) is 4.42. The molecule has 0 aromatic heterocycles. The SMILES string of the molecule is COc1cc2c(c(OC)c1OC)-c1c3cc4c(c1OC[C@@H](C)C(C)C(=O)O[C@@H]2[C@@](C)(O)[C@@H](C)[C@H]3OC(C)=O)OCO4. The Hall–Kier alpha value is -3.86. The van der Waals surface area contributed by atoms with Gasteiger partial charge in [-0.1, -0.05) is 20.8 Å². The van der Waals surface area contributed by atoms with Crippen molar-refractivity contribution in [1.29, 1.82) is 0 Å². The van der Waals surface area contributed by atoms with Gasteiger partial charge in [-0.2, -0.15) is 0 Å². The summed E-state index contributed by atoms with van der Waals surface area (Å²) < 4.78 is 47.6. The Bertz CT molecular complexity index is 1380. The van der Waals surface area contributed by atoms with Gasteiger partial charge in [-0.05, 0) is 19.1 Å². The van der Waals surface area contributed by atoms with Gasteiger partial charge in [-0.25, -0.2) is 0 Å². The molecule has 5 rings (SSSR count). The number of methoxy groups -OCH3 is 3. The molecule has 0 saturated heterocycles. The fourth-order valence-electron chi connectivity index (χ4n) is 5.76. The summed E-state index contributed by atoms with van der Waals surface area (Å²) in [6, 6.07) is 3.38. The second-order valence-corrected chi connectivity index (χ2v) is 11.0. The van der Waals surface area contributed by atoms with Crippen LogP contribution in [0.1, 0.15) is 58.0 Å². The Morgan fingerprint density at radius 1 is 0.951 bits per heavy atom. The molecule has 1 unspecified atom stereocenters. The molecule has 11 nitrogen and oxygen atoms in total. The van der Waals surface area contributed by atoms with E-state index in [0.29, 0.717) is 45.3 Å². The smallest absolute Gasteiger partial charge is 0.309 e. The van der Waals surface area contributed by atoms with Crippen LogP contribution in [0.5, 0.6) is 34.5 Å². The lowest BCUT2D eigenvalue weighted by molar-refractivity contribution is -0.188. The number of hydrogen-bond donors (Lipinski definition) is 1. The maximum atomic E-state index is 13.6. The zero-order valence-electron chi connectivity index (χ0n) is 24.5. The second-order valence-electron chi connectivity index (χ2n) is 11.0. The quantitative estimate of drug-likeness (QED) is 0.525. The van der Waals surface area contributed by atoms with E-state index in [1.54, 1.807) is 32.9 Å². The average Bonchev–Trinajstić information content (AvgIpc) is 3.42. The summed E-state index contributed by atoms with van der Waals surface area (Å²) in [4.78, 5) is 26.1. The molecule has 2 aliphatic heterocycles. The van der Waals surface area contributed by atoms with Crippen molar-refractivity contribution in [2.45, 2.75) is 52.4 Å². The highest BCUT2D eigenvalue weighted by atomic mass is 16.7. The van der Waals surface area contributed by atoms with E-state index in [-0.39, 0.29) is 30.8 Å². The Morgan fingerprint density at radius 3 is 2.29 bits per heavy atom. The van der Waals surface area contributed by atoms with Gasteiger partial charge in [-0.3, -0.25) is 9.59 Å². The minimum Gasteiger partial charge on any atom is -0.493 e. The summed E-state index contributed by atoms with van der Waals surface area (Å²) in [5.74, 6) is -0.890. The normalized spacial score (nSPS) is 28.2. The number of aliphatic hydroxyl groups is 1. The standard InChI is InChI=1S/C30H36O11/c1-13-11-37-27-21-17(9-20-25(27)39-12-38-20)23(40-16(4)31)15(3)30(5,33)28(41-29(32)14(13)2)18-10-19(34-6)24(35-7)26(36-8)22(18)21/h9-10,13-15,23,28,33H,11-12H2,1-8H3/t13-,14?,15+,23-,28+,30+/m1/s1. The lowest BCUT2D eigenvalue weighted by Gasteiger charge is -2.44. The Kier molecular flexibility index (Phi) is 7.35. The lowest BCUT2D eigenvalue weighted by atomic mass is 9.71. The summed E-state index contributed by atoms with van der Waals surface area (Å²) >= 11 is 0. The molecule has 0 spiro atoms. The number of carbonyl (C=O) groups excluding carboxylic acids is 2. The maximum absolute atomic E-state index is 13.6. The maximum Gasteiger partial charge on any atom is 0.309 e. The van der Waals surface area contributed by atoms with Crippen molar-refractivity contribution in [3.63, 3.8) is 0 Å². The molecule has 0 saturated carbocycles. The lowest BCUT2D eigenvalue weighted by Crippen LogP contribution is -2.46. The molecule has 0 amide bonds. The van der Waals surface area contributed by atoms with Crippen LogP contribution in [0.15, 0.2) is 12.1 Å². The summed E-state index contributed by atoms with van der Waals surface area (Å²) in [6.07, 6.45) is -2.26. The van der Waals surface area contributed by atoms with Crippen LogP contribution in [0.25, 0.3) is 11.1 Å². The van der Waals surface area contributed by atoms with Gasteiger partial charge in [0.2, 0.25) is 18.3 Å². The third kappa shape index (κ3) is 4.46. The van der Waals surface area contributed by atoms with Crippen molar-refractivity contribution in [1.82, 2.24) is 0 Å². The van der Waals surface area contributed by atoms with Gasteiger partial charge in [0.25, 0.3) is 0 Å². The molecule has 0 fully saturated rings.